The average Bonchev–Trinajstić information content (AvgIpc) is 3.36. The van der Waals surface area contributed by atoms with Crippen LogP contribution in [0.25, 0.3) is 17.1 Å². The molecule has 0 atom stereocenters. The van der Waals surface area contributed by atoms with Gasteiger partial charge in [-0.25, -0.2) is 14.6 Å². The van der Waals surface area contributed by atoms with E-state index in [4.69, 9.17) is 9.47 Å². The number of hydrogen-bond acceptors (Lipinski definition) is 5. The Morgan fingerprint density at radius 1 is 1.04 bits per heavy atom. The fraction of sp³-hybridized carbons (Fsp3) is 0.316. The van der Waals surface area contributed by atoms with Crippen LogP contribution in [-0.4, -0.2) is 39.3 Å². The number of aryl methyl sites for hydroxylation is 1. The molecule has 1 saturated heterocycles. The lowest BCUT2D eigenvalue weighted by atomic mass is 10.1. The van der Waals surface area contributed by atoms with Gasteiger partial charge in [-0.1, -0.05) is 0 Å². The summed E-state index contributed by atoms with van der Waals surface area (Å²) in [5, 5.41) is 4.23. The van der Waals surface area contributed by atoms with Crippen LogP contribution in [-0.2, 0) is 15.9 Å². The molecule has 6 heteroatoms. The summed E-state index contributed by atoms with van der Waals surface area (Å²) in [6.07, 6.45) is 8.24. The molecule has 25 heavy (non-hydrogen) atoms. The Labute approximate surface area is 146 Å². The number of nitrogens with zero attached hydrogens (tertiary/aromatic N) is 4. The minimum absolute atomic E-state index is 0.0452. The van der Waals surface area contributed by atoms with Crippen LogP contribution in [0.15, 0.2) is 55.0 Å². The number of aromatic nitrogens is 4. The van der Waals surface area contributed by atoms with Crippen molar-refractivity contribution in [1.82, 2.24) is 19.7 Å². The highest BCUT2D eigenvalue weighted by molar-refractivity contribution is 5.57. The number of rotatable bonds is 6. The molecule has 0 N–H and O–H groups in total. The van der Waals surface area contributed by atoms with Gasteiger partial charge in [0.1, 0.15) is 0 Å². The molecule has 0 unspecified atom stereocenters. The van der Waals surface area contributed by atoms with Gasteiger partial charge in [-0.3, -0.25) is 0 Å². The molecule has 0 spiro atoms. The summed E-state index contributed by atoms with van der Waals surface area (Å²) < 4.78 is 12.8. The van der Waals surface area contributed by atoms with Crippen LogP contribution in [0.1, 0.15) is 18.5 Å². The van der Waals surface area contributed by atoms with E-state index in [2.05, 4.69) is 15.1 Å². The number of hydrogen-bond donors (Lipinski definition) is 0. The maximum atomic E-state index is 5.46. The van der Waals surface area contributed by atoms with Crippen LogP contribution < -0.4 is 0 Å². The highest BCUT2D eigenvalue weighted by atomic mass is 16.7. The summed E-state index contributed by atoms with van der Waals surface area (Å²) in [6.45, 7) is 1.41. The normalized spacial score (nSPS) is 14.9. The van der Waals surface area contributed by atoms with E-state index in [1.54, 1.807) is 6.20 Å². The van der Waals surface area contributed by atoms with E-state index >= 15 is 0 Å². The molecule has 0 aliphatic carbocycles. The lowest BCUT2D eigenvalue weighted by Gasteiger charge is -2.09. The van der Waals surface area contributed by atoms with Crippen LogP contribution in [0.3, 0.4) is 0 Å². The third kappa shape index (κ3) is 3.92. The van der Waals surface area contributed by atoms with Crippen LogP contribution in [0.2, 0.25) is 0 Å². The van der Waals surface area contributed by atoms with Gasteiger partial charge < -0.3 is 9.47 Å². The van der Waals surface area contributed by atoms with Crippen molar-refractivity contribution in [3.8, 4) is 17.1 Å². The SMILES string of the molecule is c1cnn(-c2ccc(-c3nccc(CCCC4OCCO4)n3)cc2)c1. The van der Waals surface area contributed by atoms with Crippen molar-refractivity contribution in [3.63, 3.8) is 0 Å². The van der Waals surface area contributed by atoms with Gasteiger partial charge in [0.25, 0.3) is 0 Å². The zero-order valence-corrected chi connectivity index (χ0v) is 13.9. The molecule has 1 fully saturated rings. The molecule has 4 rings (SSSR count). The second kappa shape index (κ2) is 7.55. The van der Waals surface area contributed by atoms with Gasteiger partial charge >= 0.3 is 0 Å². The van der Waals surface area contributed by atoms with Crippen molar-refractivity contribution in [2.75, 3.05) is 13.2 Å². The quantitative estimate of drug-likeness (QED) is 0.692. The Morgan fingerprint density at radius 3 is 2.64 bits per heavy atom. The van der Waals surface area contributed by atoms with Gasteiger partial charge in [-0.15, -0.1) is 0 Å². The zero-order chi connectivity index (χ0) is 16.9. The van der Waals surface area contributed by atoms with Crippen molar-refractivity contribution < 1.29 is 9.47 Å². The molecule has 6 nitrogen and oxygen atoms in total. The van der Waals surface area contributed by atoms with Gasteiger partial charge in [0, 0.05) is 29.8 Å². The molecule has 128 valence electrons. The van der Waals surface area contributed by atoms with E-state index in [9.17, 15) is 0 Å². The topological polar surface area (TPSA) is 62.1 Å². The van der Waals surface area contributed by atoms with Gasteiger partial charge in [0.2, 0.25) is 0 Å². The summed E-state index contributed by atoms with van der Waals surface area (Å²) >= 11 is 0. The molecule has 0 bridgehead atoms. The smallest absolute Gasteiger partial charge is 0.159 e. The van der Waals surface area contributed by atoms with E-state index in [-0.39, 0.29) is 6.29 Å². The standard InChI is InChI=1S/C19H20N4O2/c1(4-18-24-13-14-25-18)3-16-9-11-20-19(22-16)15-5-7-17(8-6-15)23-12-2-10-21-23/h2,5-12,18H,1,3-4,13-14H2. The van der Waals surface area contributed by atoms with E-state index in [0.717, 1.165) is 42.0 Å². The van der Waals surface area contributed by atoms with Gasteiger partial charge in [-0.05, 0) is 55.7 Å². The minimum Gasteiger partial charge on any atom is -0.350 e. The summed E-state index contributed by atoms with van der Waals surface area (Å²) in [6, 6.07) is 12.0. The highest BCUT2D eigenvalue weighted by Crippen LogP contribution is 2.18. The first-order valence-corrected chi connectivity index (χ1v) is 8.54. The van der Waals surface area contributed by atoms with E-state index < -0.39 is 0 Å². The number of ether oxygens (including phenoxy) is 2. The second-order valence-corrected chi connectivity index (χ2v) is 5.93. The van der Waals surface area contributed by atoms with E-state index in [0.29, 0.717) is 13.2 Å². The summed E-state index contributed by atoms with van der Waals surface area (Å²) in [5.74, 6) is 0.748. The Hall–Kier alpha value is -2.57. The molecule has 2 aromatic heterocycles. The molecule has 1 aliphatic heterocycles. The summed E-state index contributed by atoms with van der Waals surface area (Å²) in [5.41, 5.74) is 3.06. The molecular formula is C19H20N4O2. The predicted molar refractivity (Wildman–Crippen MR) is 93.2 cm³/mol. The molecule has 1 aromatic carbocycles. The van der Waals surface area contributed by atoms with Gasteiger partial charge in [-0.2, -0.15) is 5.10 Å². The fourth-order valence-corrected chi connectivity index (χ4v) is 2.88. The van der Waals surface area contributed by atoms with Crippen molar-refractivity contribution in [3.05, 3.63) is 60.7 Å². The lowest BCUT2D eigenvalue weighted by molar-refractivity contribution is -0.0476. The predicted octanol–water partition coefficient (Wildman–Crippen LogP) is 3.02. The fourth-order valence-electron chi connectivity index (χ4n) is 2.88. The van der Waals surface area contributed by atoms with Crippen LogP contribution in [0.4, 0.5) is 0 Å². The molecule has 0 amide bonds. The van der Waals surface area contributed by atoms with E-state index in [1.807, 2.05) is 53.5 Å². The first-order chi connectivity index (χ1) is 12.4. The van der Waals surface area contributed by atoms with Crippen LogP contribution in [0.5, 0.6) is 0 Å². The highest BCUT2D eigenvalue weighted by Gasteiger charge is 2.15. The molecule has 1 aliphatic rings. The first-order valence-electron chi connectivity index (χ1n) is 8.54. The Balaban J connectivity index is 1.41. The maximum Gasteiger partial charge on any atom is 0.159 e. The summed E-state index contributed by atoms with van der Waals surface area (Å²) in [4.78, 5) is 9.09. The monoisotopic (exact) mass is 336 g/mol. The van der Waals surface area contributed by atoms with Crippen molar-refractivity contribution in [2.45, 2.75) is 25.6 Å². The van der Waals surface area contributed by atoms with Crippen LogP contribution >= 0.6 is 0 Å². The third-order valence-corrected chi connectivity index (χ3v) is 4.17. The van der Waals surface area contributed by atoms with Crippen LogP contribution in [0, 0.1) is 0 Å². The minimum atomic E-state index is -0.0452. The molecular weight excluding hydrogens is 316 g/mol. The van der Waals surface area contributed by atoms with Gasteiger partial charge in [0.15, 0.2) is 12.1 Å². The van der Waals surface area contributed by atoms with Crippen molar-refractivity contribution in [2.24, 2.45) is 0 Å². The first kappa shape index (κ1) is 15.9. The Morgan fingerprint density at radius 2 is 1.88 bits per heavy atom. The molecule has 0 radical (unpaired) electrons. The van der Waals surface area contributed by atoms with E-state index in [1.165, 1.54) is 0 Å². The largest absolute Gasteiger partial charge is 0.350 e. The molecule has 0 saturated carbocycles. The van der Waals surface area contributed by atoms with Gasteiger partial charge in [0.05, 0.1) is 18.9 Å². The summed E-state index contributed by atoms with van der Waals surface area (Å²) in [7, 11) is 0. The molecule has 3 heterocycles. The maximum absolute atomic E-state index is 5.46. The Kier molecular flexibility index (Phi) is 4.81. The van der Waals surface area contributed by atoms with Crippen molar-refractivity contribution >= 4 is 0 Å². The average molecular weight is 336 g/mol. The number of benzene rings is 1. The second-order valence-electron chi connectivity index (χ2n) is 5.93. The third-order valence-electron chi connectivity index (χ3n) is 4.17. The lowest BCUT2D eigenvalue weighted by Crippen LogP contribution is -2.07. The zero-order valence-electron chi connectivity index (χ0n) is 13.9. The van der Waals surface area contributed by atoms with Crippen molar-refractivity contribution in [1.29, 1.82) is 0 Å². The molecule has 3 aromatic rings. The Bertz CT molecular complexity index is 797.